The molecule has 0 saturated heterocycles. The SMILES string of the molecule is COc1ccc(S(=O)(=O)Nc2ccc(Cl)cc2C)cc1OC. The summed E-state index contributed by atoms with van der Waals surface area (Å²) in [6.07, 6.45) is 0. The maximum Gasteiger partial charge on any atom is 0.262 e. The molecule has 0 amide bonds. The van der Waals surface area contributed by atoms with Gasteiger partial charge in [-0.25, -0.2) is 8.42 Å². The standard InChI is InChI=1S/C15H16ClNO4S/c1-10-8-11(16)4-6-13(10)17-22(18,19)12-5-7-14(20-2)15(9-12)21-3/h4-9,17H,1-3H3. The van der Waals surface area contributed by atoms with Crippen molar-refractivity contribution in [2.75, 3.05) is 18.9 Å². The Hall–Kier alpha value is -1.92. The number of hydrogen-bond acceptors (Lipinski definition) is 4. The number of methoxy groups -OCH3 is 2. The lowest BCUT2D eigenvalue weighted by Gasteiger charge is -2.13. The van der Waals surface area contributed by atoms with Crippen LogP contribution in [0.5, 0.6) is 11.5 Å². The zero-order chi connectivity index (χ0) is 16.3. The van der Waals surface area contributed by atoms with Crippen LogP contribution in [0.3, 0.4) is 0 Å². The van der Waals surface area contributed by atoms with E-state index in [2.05, 4.69) is 4.72 Å². The fraction of sp³-hybridized carbons (Fsp3) is 0.200. The molecule has 0 spiro atoms. The summed E-state index contributed by atoms with van der Waals surface area (Å²) in [5.74, 6) is 0.808. The van der Waals surface area contributed by atoms with E-state index >= 15 is 0 Å². The van der Waals surface area contributed by atoms with Gasteiger partial charge in [0, 0.05) is 11.1 Å². The fourth-order valence-electron chi connectivity index (χ4n) is 1.93. The van der Waals surface area contributed by atoms with Crippen molar-refractivity contribution in [2.24, 2.45) is 0 Å². The lowest BCUT2D eigenvalue weighted by Crippen LogP contribution is -2.14. The van der Waals surface area contributed by atoms with Crippen molar-refractivity contribution < 1.29 is 17.9 Å². The predicted octanol–water partition coefficient (Wildman–Crippen LogP) is 3.47. The van der Waals surface area contributed by atoms with E-state index in [9.17, 15) is 8.42 Å². The summed E-state index contributed by atoms with van der Waals surface area (Å²) in [5.41, 5.74) is 1.20. The van der Waals surface area contributed by atoms with E-state index < -0.39 is 10.0 Å². The molecule has 0 aliphatic rings. The molecule has 2 aromatic carbocycles. The fourth-order valence-corrected chi connectivity index (χ4v) is 3.30. The van der Waals surface area contributed by atoms with Crippen LogP contribution < -0.4 is 14.2 Å². The first kappa shape index (κ1) is 16.5. The molecule has 7 heteroatoms. The van der Waals surface area contributed by atoms with Crippen molar-refractivity contribution in [3.05, 3.63) is 47.0 Å². The number of hydrogen-bond donors (Lipinski definition) is 1. The molecule has 0 atom stereocenters. The molecule has 1 N–H and O–H groups in total. The third-order valence-electron chi connectivity index (χ3n) is 3.10. The normalized spacial score (nSPS) is 11.1. The molecule has 0 bridgehead atoms. The van der Waals surface area contributed by atoms with Crippen LogP contribution in [0.25, 0.3) is 0 Å². The zero-order valence-electron chi connectivity index (χ0n) is 12.4. The van der Waals surface area contributed by atoms with Crippen LogP contribution in [-0.4, -0.2) is 22.6 Å². The summed E-state index contributed by atoms with van der Waals surface area (Å²) < 4.78 is 37.7. The van der Waals surface area contributed by atoms with E-state index in [4.69, 9.17) is 21.1 Å². The summed E-state index contributed by atoms with van der Waals surface area (Å²) in [6.45, 7) is 1.78. The van der Waals surface area contributed by atoms with Gasteiger partial charge in [0.15, 0.2) is 11.5 Å². The van der Waals surface area contributed by atoms with Crippen LogP contribution in [0.2, 0.25) is 5.02 Å². The smallest absolute Gasteiger partial charge is 0.262 e. The Bertz CT molecular complexity index is 790. The Labute approximate surface area is 134 Å². The highest BCUT2D eigenvalue weighted by Gasteiger charge is 2.18. The van der Waals surface area contributed by atoms with E-state index in [1.165, 1.54) is 26.4 Å². The summed E-state index contributed by atoms with van der Waals surface area (Å²) >= 11 is 5.87. The van der Waals surface area contributed by atoms with Gasteiger partial charge in [-0.1, -0.05) is 11.6 Å². The molecule has 0 aliphatic heterocycles. The average Bonchev–Trinajstić information content (AvgIpc) is 2.49. The van der Waals surface area contributed by atoms with Gasteiger partial charge in [-0.15, -0.1) is 0 Å². The Morgan fingerprint density at radius 1 is 1.00 bits per heavy atom. The third-order valence-corrected chi connectivity index (χ3v) is 4.70. The minimum atomic E-state index is -3.73. The minimum Gasteiger partial charge on any atom is -0.493 e. The molecule has 0 aliphatic carbocycles. The molecule has 118 valence electrons. The van der Waals surface area contributed by atoms with Crippen LogP contribution in [0.1, 0.15) is 5.56 Å². The highest BCUT2D eigenvalue weighted by molar-refractivity contribution is 7.92. The lowest BCUT2D eigenvalue weighted by molar-refractivity contribution is 0.354. The van der Waals surface area contributed by atoms with Gasteiger partial charge in [0.1, 0.15) is 0 Å². The number of sulfonamides is 1. The van der Waals surface area contributed by atoms with E-state index in [1.807, 2.05) is 0 Å². The first-order chi connectivity index (χ1) is 10.4. The Morgan fingerprint density at radius 3 is 2.27 bits per heavy atom. The second kappa shape index (κ2) is 6.46. The van der Waals surface area contributed by atoms with Gasteiger partial charge in [0.2, 0.25) is 0 Å². The highest BCUT2D eigenvalue weighted by atomic mass is 35.5. The van der Waals surface area contributed by atoms with Crippen LogP contribution in [0, 0.1) is 6.92 Å². The predicted molar refractivity (Wildman–Crippen MR) is 86.5 cm³/mol. The molecular formula is C15H16ClNO4S. The van der Waals surface area contributed by atoms with Crippen molar-refractivity contribution in [3.63, 3.8) is 0 Å². The molecule has 5 nitrogen and oxygen atoms in total. The summed E-state index contributed by atoms with van der Waals surface area (Å²) in [6, 6.07) is 9.34. The summed E-state index contributed by atoms with van der Waals surface area (Å²) in [4.78, 5) is 0.0829. The molecule has 2 rings (SSSR count). The maximum atomic E-state index is 12.5. The van der Waals surface area contributed by atoms with Gasteiger partial charge in [-0.05, 0) is 42.8 Å². The van der Waals surface area contributed by atoms with Crippen LogP contribution in [-0.2, 0) is 10.0 Å². The molecule has 0 saturated carbocycles. The number of benzene rings is 2. The van der Waals surface area contributed by atoms with Gasteiger partial charge in [0.05, 0.1) is 24.8 Å². The number of ether oxygens (including phenoxy) is 2. The first-order valence-corrected chi connectivity index (χ1v) is 8.24. The topological polar surface area (TPSA) is 64.6 Å². The zero-order valence-corrected chi connectivity index (χ0v) is 14.0. The van der Waals surface area contributed by atoms with E-state index in [0.717, 1.165) is 5.56 Å². The molecule has 2 aromatic rings. The van der Waals surface area contributed by atoms with Gasteiger partial charge < -0.3 is 9.47 Å². The van der Waals surface area contributed by atoms with Crippen LogP contribution >= 0.6 is 11.6 Å². The number of anilines is 1. The Kier molecular flexibility index (Phi) is 4.83. The number of halogens is 1. The molecule has 0 unspecified atom stereocenters. The highest BCUT2D eigenvalue weighted by Crippen LogP contribution is 2.30. The quantitative estimate of drug-likeness (QED) is 0.904. The Morgan fingerprint density at radius 2 is 1.68 bits per heavy atom. The number of rotatable bonds is 5. The maximum absolute atomic E-state index is 12.5. The van der Waals surface area contributed by atoms with Crippen molar-refractivity contribution >= 4 is 27.3 Å². The van der Waals surface area contributed by atoms with Crippen molar-refractivity contribution in [2.45, 2.75) is 11.8 Å². The van der Waals surface area contributed by atoms with Crippen molar-refractivity contribution in [1.82, 2.24) is 0 Å². The Balaban J connectivity index is 2.38. The second-order valence-electron chi connectivity index (χ2n) is 4.58. The van der Waals surface area contributed by atoms with Crippen molar-refractivity contribution in [1.29, 1.82) is 0 Å². The largest absolute Gasteiger partial charge is 0.493 e. The molecule has 0 radical (unpaired) electrons. The summed E-state index contributed by atoms with van der Waals surface area (Å²) in [5, 5.41) is 0.548. The van der Waals surface area contributed by atoms with E-state index in [-0.39, 0.29) is 4.90 Å². The minimum absolute atomic E-state index is 0.0829. The molecular weight excluding hydrogens is 326 g/mol. The van der Waals surface area contributed by atoms with Crippen LogP contribution in [0.15, 0.2) is 41.3 Å². The number of aryl methyl sites for hydroxylation is 1. The molecule has 22 heavy (non-hydrogen) atoms. The third kappa shape index (κ3) is 3.45. The molecule has 0 fully saturated rings. The lowest BCUT2D eigenvalue weighted by atomic mass is 10.2. The monoisotopic (exact) mass is 341 g/mol. The summed E-state index contributed by atoms with van der Waals surface area (Å²) in [7, 11) is -0.798. The molecule has 0 heterocycles. The second-order valence-corrected chi connectivity index (χ2v) is 6.70. The van der Waals surface area contributed by atoms with Gasteiger partial charge in [0.25, 0.3) is 10.0 Å². The molecule has 0 aromatic heterocycles. The van der Waals surface area contributed by atoms with E-state index in [1.54, 1.807) is 31.2 Å². The average molecular weight is 342 g/mol. The van der Waals surface area contributed by atoms with Gasteiger partial charge in [-0.2, -0.15) is 0 Å². The van der Waals surface area contributed by atoms with Crippen molar-refractivity contribution in [3.8, 4) is 11.5 Å². The van der Waals surface area contributed by atoms with Gasteiger partial charge in [-0.3, -0.25) is 4.72 Å². The van der Waals surface area contributed by atoms with Crippen LogP contribution in [0.4, 0.5) is 5.69 Å². The van der Waals surface area contributed by atoms with E-state index in [0.29, 0.717) is 22.2 Å². The first-order valence-electron chi connectivity index (χ1n) is 6.38. The number of nitrogens with one attached hydrogen (secondary N) is 1. The van der Waals surface area contributed by atoms with Gasteiger partial charge >= 0.3 is 0 Å².